The number of amides is 1. The molecule has 2 aromatic heterocycles. The topological polar surface area (TPSA) is 112 Å². The summed E-state index contributed by atoms with van der Waals surface area (Å²) in [6.07, 6.45) is -3.71. The Labute approximate surface area is 307 Å². The van der Waals surface area contributed by atoms with Crippen LogP contribution in [0.1, 0.15) is 70.9 Å². The minimum Gasteiger partial charge on any atom is -0.461 e. The van der Waals surface area contributed by atoms with Crippen molar-refractivity contribution in [3.05, 3.63) is 41.0 Å². The van der Waals surface area contributed by atoms with Gasteiger partial charge in [0.1, 0.15) is 41.0 Å². The molecule has 5 heterocycles. The number of benzene rings is 2. The molecule has 2 N–H and O–H groups in total. The third kappa shape index (κ3) is 6.49. The molecular weight excluding hydrogens is 721 g/mol. The molecule has 1 amide bonds. The number of rotatable bonds is 7. The lowest BCUT2D eigenvalue weighted by molar-refractivity contribution is -0.137. The first-order valence-corrected chi connectivity index (χ1v) is 18.6. The van der Waals surface area contributed by atoms with E-state index in [-0.39, 0.29) is 81.4 Å². The van der Waals surface area contributed by atoms with E-state index in [9.17, 15) is 18.8 Å². The minimum absolute atomic E-state index is 0.0197. The summed E-state index contributed by atoms with van der Waals surface area (Å²) in [5.41, 5.74) is 1.88. The van der Waals surface area contributed by atoms with Crippen molar-refractivity contribution in [3.8, 4) is 23.2 Å². The van der Waals surface area contributed by atoms with E-state index in [1.54, 1.807) is 23.8 Å². The van der Waals surface area contributed by atoms with Crippen molar-refractivity contribution in [3.63, 3.8) is 0 Å². The van der Waals surface area contributed by atoms with Gasteiger partial charge in [-0.05, 0) is 50.4 Å². The van der Waals surface area contributed by atoms with Gasteiger partial charge in [-0.15, -0.1) is 11.3 Å². The van der Waals surface area contributed by atoms with Gasteiger partial charge in [-0.2, -0.15) is 28.4 Å². The van der Waals surface area contributed by atoms with Crippen LogP contribution >= 0.6 is 11.3 Å². The lowest BCUT2D eigenvalue weighted by atomic mass is 9.92. The first-order valence-electron chi connectivity index (χ1n) is 17.8. The largest absolute Gasteiger partial charge is 0.461 e. The molecule has 2 aromatic carbocycles. The molecular formula is C37H41F6N7O2S. The average Bonchev–Trinajstić information content (AvgIpc) is 3.88. The maximum absolute atomic E-state index is 17.1. The molecule has 0 radical (unpaired) electrons. The van der Waals surface area contributed by atoms with Crippen molar-refractivity contribution < 1.29 is 35.9 Å². The van der Waals surface area contributed by atoms with Crippen LogP contribution < -0.4 is 15.4 Å². The summed E-state index contributed by atoms with van der Waals surface area (Å²) in [5.74, 6) is -2.33. The molecule has 3 saturated heterocycles. The number of ether oxygens (including phenoxy) is 1. The van der Waals surface area contributed by atoms with Crippen LogP contribution in [-0.4, -0.2) is 82.8 Å². The molecule has 0 spiro atoms. The summed E-state index contributed by atoms with van der Waals surface area (Å²) in [4.78, 5) is 26.9. The highest BCUT2D eigenvalue weighted by Gasteiger charge is 2.49. The predicted octanol–water partition coefficient (Wildman–Crippen LogP) is 8.08. The number of likely N-dealkylation sites (tertiary alicyclic amines) is 1. The number of anilines is 2. The van der Waals surface area contributed by atoms with Gasteiger partial charge in [-0.25, -0.2) is 13.2 Å². The molecule has 284 valence electrons. The SMILES string of the molecule is CC.CCC(=O)N1CCC(N(C)c2nc(OCC34CCCN3CC(F)C4)nc3c(F)c(-c4ccc(F)c5sc(N)c(C#N)c45)c(C(F)(F)F)cc23)C1C. The van der Waals surface area contributed by atoms with Crippen LogP contribution in [0.2, 0.25) is 0 Å². The molecule has 4 aromatic rings. The van der Waals surface area contributed by atoms with Crippen LogP contribution in [0.15, 0.2) is 18.2 Å². The van der Waals surface area contributed by atoms with Gasteiger partial charge in [0.25, 0.3) is 0 Å². The van der Waals surface area contributed by atoms with E-state index in [4.69, 9.17) is 10.5 Å². The summed E-state index contributed by atoms with van der Waals surface area (Å²) in [7, 11) is 1.62. The van der Waals surface area contributed by atoms with Crippen molar-refractivity contribution in [1.29, 1.82) is 5.26 Å². The van der Waals surface area contributed by atoms with Crippen molar-refractivity contribution in [2.75, 3.05) is 43.9 Å². The molecule has 16 heteroatoms. The highest BCUT2D eigenvalue weighted by Crippen LogP contribution is 2.48. The minimum atomic E-state index is -5.12. The fraction of sp³-hybridized carbons (Fsp3) is 0.514. The Balaban J connectivity index is 0.00000236. The normalized spacial score (nSPS) is 22.9. The molecule has 3 aliphatic heterocycles. The summed E-state index contributed by atoms with van der Waals surface area (Å²) < 4.78 is 97.6. The van der Waals surface area contributed by atoms with Gasteiger partial charge in [-0.1, -0.05) is 26.8 Å². The number of nitriles is 1. The lowest BCUT2D eigenvalue weighted by Crippen LogP contribution is -2.44. The molecule has 0 saturated carbocycles. The second-order valence-electron chi connectivity index (χ2n) is 13.6. The van der Waals surface area contributed by atoms with Crippen LogP contribution in [0, 0.1) is 23.0 Å². The summed E-state index contributed by atoms with van der Waals surface area (Å²) in [5, 5.41) is 9.21. The Morgan fingerprint density at radius 3 is 2.64 bits per heavy atom. The highest BCUT2D eigenvalue weighted by atomic mass is 32.1. The molecule has 53 heavy (non-hydrogen) atoms. The smallest absolute Gasteiger partial charge is 0.417 e. The van der Waals surface area contributed by atoms with Gasteiger partial charge < -0.3 is 20.3 Å². The molecule has 4 atom stereocenters. The number of hydrogen-bond donors (Lipinski definition) is 1. The van der Waals surface area contributed by atoms with Gasteiger partial charge in [0.05, 0.1) is 27.4 Å². The second kappa shape index (κ2) is 14.5. The monoisotopic (exact) mass is 761 g/mol. The maximum atomic E-state index is 17.1. The van der Waals surface area contributed by atoms with E-state index in [0.29, 0.717) is 37.3 Å². The Morgan fingerprint density at radius 2 is 1.96 bits per heavy atom. The Bertz CT molecular complexity index is 2100. The number of nitrogen functional groups attached to an aromatic ring is 1. The third-order valence-electron chi connectivity index (χ3n) is 10.8. The van der Waals surface area contributed by atoms with Gasteiger partial charge >= 0.3 is 12.2 Å². The highest BCUT2D eigenvalue weighted by molar-refractivity contribution is 7.23. The van der Waals surface area contributed by atoms with E-state index in [2.05, 4.69) is 9.97 Å². The Kier molecular flexibility index (Phi) is 10.5. The number of aromatic nitrogens is 2. The number of nitrogens with zero attached hydrogens (tertiary/aromatic N) is 6. The molecule has 9 nitrogen and oxygen atoms in total. The van der Waals surface area contributed by atoms with Crippen molar-refractivity contribution >= 4 is 49.1 Å². The molecule has 3 fully saturated rings. The van der Waals surface area contributed by atoms with Gasteiger partial charge in [0.15, 0.2) is 5.82 Å². The lowest BCUT2D eigenvalue weighted by Gasteiger charge is -2.33. The second-order valence-corrected chi connectivity index (χ2v) is 14.7. The van der Waals surface area contributed by atoms with Gasteiger partial charge in [0, 0.05) is 55.4 Å². The quantitative estimate of drug-likeness (QED) is 0.188. The number of hydrogen-bond acceptors (Lipinski definition) is 9. The van der Waals surface area contributed by atoms with Crippen LogP contribution in [0.5, 0.6) is 6.01 Å². The zero-order chi connectivity index (χ0) is 38.6. The molecule has 0 bridgehead atoms. The first-order chi connectivity index (χ1) is 25.2. The first kappa shape index (κ1) is 38.4. The van der Waals surface area contributed by atoms with Crippen molar-refractivity contribution in [1.82, 2.24) is 19.8 Å². The number of likely N-dealkylation sites (N-methyl/N-ethyl adjacent to an activating group) is 1. The number of thiophene rings is 1. The Hall–Kier alpha value is -4.36. The van der Waals surface area contributed by atoms with E-state index in [1.165, 1.54) is 0 Å². The standard InChI is InChI=1S/C35H35F6N7O2S.C2H6/c1-4-25(49)48-11-8-24(17(48)2)46(3)32-20-12-22(35(39,40)41)27(19-6-7-23(37)30-26(19)21(14-42)31(43)51-30)28(38)29(20)44-33(45-32)50-16-34-9-5-10-47(34)15-18(36)13-34;1-2/h6-7,12,17-18,24H,4-5,8-11,13,15-16,43H2,1-3H3;1-2H3. The molecule has 7 rings (SSSR count). The summed E-state index contributed by atoms with van der Waals surface area (Å²) in [6, 6.07) is 3.42. The number of nitrogens with two attached hydrogens (primary N) is 1. The third-order valence-corrected chi connectivity index (χ3v) is 11.8. The van der Waals surface area contributed by atoms with E-state index in [0.717, 1.165) is 24.6 Å². The molecule has 4 unspecified atom stereocenters. The van der Waals surface area contributed by atoms with Crippen LogP contribution in [0.4, 0.5) is 37.2 Å². The summed E-state index contributed by atoms with van der Waals surface area (Å²) in [6.45, 7) is 8.91. The van der Waals surface area contributed by atoms with Gasteiger partial charge in [-0.3, -0.25) is 9.69 Å². The average molecular weight is 762 g/mol. The zero-order valence-electron chi connectivity index (χ0n) is 30.1. The van der Waals surface area contributed by atoms with Crippen molar-refractivity contribution in [2.24, 2.45) is 0 Å². The fourth-order valence-electron chi connectivity index (χ4n) is 8.32. The van der Waals surface area contributed by atoms with E-state index < -0.39 is 52.2 Å². The van der Waals surface area contributed by atoms with Gasteiger partial charge in [0.2, 0.25) is 5.91 Å². The van der Waals surface area contributed by atoms with E-state index >= 15 is 17.6 Å². The predicted molar refractivity (Wildman–Crippen MR) is 193 cm³/mol. The number of alkyl halides is 4. The van der Waals surface area contributed by atoms with Crippen LogP contribution in [-0.2, 0) is 11.0 Å². The number of carbonyl (C=O) groups is 1. The Morgan fingerprint density at radius 1 is 1.23 bits per heavy atom. The van der Waals surface area contributed by atoms with Crippen molar-refractivity contribution in [2.45, 2.75) is 89.8 Å². The van der Waals surface area contributed by atoms with Crippen LogP contribution in [0.3, 0.4) is 0 Å². The fourth-order valence-corrected chi connectivity index (χ4v) is 9.27. The van der Waals surface area contributed by atoms with E-state index in [1.807, 2.05) is 31.7 Å². The number of halogens is 6. The summed E-state index contributed by atoms with van der Waals surface area (Å²) >= 11 is 0.680. The molecule has 0 aliphatic carbocycles. The zero-order valence-corrected chi connectivity index (χ0v) is 30.9. The maximum Gasteiger partial charge on any atom is 0.417 e. The van der Waals surface area contributed by atoms with Crippen LogP contribution in [0.25, 0.3) is 32.1 Å². The molecule has 3 aliphatic rings. The number of fused-ring (bicyclic) bond motifs is 3. The number of carbonyl (C=O) groups excluding carboxylic acids is 1.